The summed E-state index contributed by atoms with van der Waals surface area (Å²) in [6.45, 7) is 3.60. The summed E-state index contributed by atoms with van der Waals surface area (Å²) >= 11 is 0. The van der Waals surface area contributed by atoms with Crippen LogP contribution in [0.25, 0.3) is 5.69 Å². The Labute approximate surface area is 111 Å². The molecule has 0 aliphatic rings. The van der Waals surface area contributed by atoms with E-state index in [1.165, 1.54) is 0 Å². The van der Waals surface area contributed by atoms with Gasteiger partial charge in [0.15, 0.2) is 0 Å². The largest absolute Gasteiger partial charge is 0.393 e. The lowest BCUT2D eigenvalue weighted by Gasteiger charge is -2.06. The van der Waals surface area contributed by atoms with Gasteiger partial charge in [-0.3, -0.25) is 4.79 Å². The Kier molecular flexibility index (Phi) is 3.97. The van der Waals surface area contributed by atoms with Crippen LogP contribution < -0.4 is 5.32 Å². The van der Waals surface area contributed by atoms with Crippen LogP contribution in [0.2, 0.25) is 0 Å². The summed E-state index contributed by atoms with van der Waals surface area (Å²) in [7, 11) is 0. The fourth-order valence-corrected chi connectivity index (χ4v) is 2.00. The molecule has 1 aromatic heterocycles. The summed E-state index contributed by atoms with van der Waals surface area (Å²) in [5, 5.41) is 16.6. The van der Waals surface area contributed by atoms with Crippen LogP contribution in [-0.2, 0) is 11.2 Å². The number of carbonyl (C=O) groups is 1. The van der Waals surface area contributed by atoms with Crippen molar-refractivity contribution in [1.82, 2.24) is 9.78 Å². The van der Waals surface area contributed by atoms with E-state index in [1.807, 2.05) is 37.3 Å². The van der Waals surface area contributed by atoms with Crippen LogP contribution in [0.4, 0.5) is 5.82 Å². The maximum Gasteiger partial charge on any atom is 0.212 e. The molecule has 5 heteroatoms. The van der Waals surface area contributed by atoms with Gasteiger partial charge in [-0.15, -0.1) is 0 Å². The number of nitrogens with zero attached hydrogens (tertiary/aromatic N) is 2. The van der Waals surface area contributed by atoms with Crippen LogP contribution in [0.5, 0.6) is 0 Å². The quantitative estimate of drug-likeness (QED) is 0.803. The molecule has 19 heavy (non-hydrogen) atoms. The van der Waals surface area contributed by atoms with E-state index in [-0.39, 0.29) is 0 Å². The van der Waals surface area contributed by atoms with Gasteiger partial charge in [-0.25, -0.2) is 4.68 Å². The Hall–Kier alpha value is -2.14. The van der Waals surface area contributed by atoms with Gasteiger partial charge < -0.3 is 10.4 Å². The molecule has 1 heterocycles. The molecule has 0 saturated heterocycles. The van der Waals surface area contributed by atoms with Crippen molar-refractivity contribution in [1.29, 1.82) is 0 Å². The normalized spacial score (nSPS) is 12.2. The molecule has 0 spiro atoms. The van der Waals surface area contributed by atoms with E-state index in [0.29, 0.717) is 18.6 Å². The third-order valence-corrected chi connectivity index (χ3v) is 2.91. The molecule has 0 aliphatic heterocycles. The molecule has 0 fully saturated rings. The van der Waals surface area contributed by atoms with Gasteiger partial charge in [-0.05, 0) is 26.0 Å². The Morgan fingerprint density at radius 2 is 2.11 bits per heavy atom. The van der Waals surface area contributed by atoms with Gasteiger partial charge in [0.2, 0.25) is 6.41 Å². The average molecular weight is 259 g/mol. The fraction of sp³-hybridized carbons (Fsp3) is 0.286. The Morgan fingerprint density at radius 3 is 2.68 bits per heavy atom. The van der Waals surface area contributed by atoms with Crippen LogP contribution in [0.3, 0.4) is 0 Å². The number of aromatic nitrogens is 2. The maximum atomic E-state index is 10.7. The molecule has 1 aromatic carbocycles. The van der Waals surface area contributed by atoms with Crippen molar-refractivity contribution in [3.63, 3.8) is 0 Å². The van der Waals surface area contributed by atoms with Crippen molar-refractivity contribution >= 4 is 12.2 Å². The third-order valence-electron chi connectivity index (χ3n) is 2.91. The lowest BCUT2D eigenvalue weighted by atomic mass is 10.1. The topological polar surface area (TPSA) is 67.2 Å². The molecular formula is C14H17N3O2. The molecule has 2 aromatic rings. The van der Waals surface area contributed by atoms with Gasteiger partial charge in [-0.2, -0.15) is 5.10 Å². The van der Waals surface area contributed by atoms with E-state index in [0.717, 1.165) is 16.9 Å². The minimum absolute atomic E-state index is 0.458. The van der Waals surface area contributed by atoms with Crippen molar-refractivity contribution in [3.05, 3.63) is 41.6 Å². The number of rotatable bonds is 5. The molecule has 0 saturated carbocycles. The van der Waals surface area contributed by atoms with E-state index in [4.69, 9.17) is 0 Å². The van der Waals surface area contributed by atoms with Gasteiger partial charge in [0, 0.05) is 12.0 Å². The number of nitrogens with one attached hydrogen (secondary N) is 1. The first kappa shape index (κ1) is 13.3. The third kappa shape index (κ3) is 2.82. The van der Waals surface area contributed by atoms with Crippen LogP contribution in [0.1, 0.15) is 18.2 Å². The molecule has 1 unspecified atom stereocenters. The molecule has 2 N–H and O–H groups in total. The standard InChI is InChI=1S/C14H17N3O2/c1-10(19)8-13-11(2)14(15-9-18)17(16-13)12-6-4-3-5-7-12/h3-7,9-10,19H,8H2,1-2H3,(H,15,18). The van der Waals surface area contributed by atoms with Gasteiger partial charge in [-0.1, -0.05) is 18.2 Å². The Morgan fingerprint density at radius 1 is 1.42 bits per heavy atom. The van der Waals surface area contributed by atoms with E-state index < -0.39 is 6.10 Å². The molecule has 0 aliphatic carbocycles. The second-order valence-corrected chi connectivity index (χ2v) is 4.48. The zero-order valence-electron chi connectivity index (χ0n) is 11.0. The predicted molar refractivity (Wildman–Crippen MR) is 73.4 cm³/mol. The molecule has 1 amide bonds. The number of aliphatic hydroxyl groups is 1. The van der Waals surface area contributed by atoms with Crippen LogP contribution in [0, 0.1) is 6.92 Å². The monoisotopic (exact) mass is 259 g/mol. The number of anilines is 1. The fourth-order valence-electron chi connectivity index (χ4n) is 2.00. The van der Waals surface area contributed by atoms with Crippen LogP contribution in [-0.4, -0.2) is 27.4 Å². The minimum atomic E-state index is -0.470. The first-order valence-corrected chi connectivity index (χ1v) is 6.15. The number of hydrogen-bond donors (Lipinski definition) is 2. The summed E-state index contributed by atoms with van der Waals surface area (Å²) in [4.78, 5) is 10.7. The molecule has 5 nitrogen and oxygen atoms in total. The maximum absolute atomic E-state index is 10.7. The van der Waals surface area contributed by atoms with E-state index >= 15 is 0 Å². The highest BCUT2D eigenvalue weighted by Gasteiger charge is 2.16. The minimum Gasteiger partial charge on any atom is -0.393 e. The molecular weight excluding hydrogens is 242 g/mol. The van der Waals surface area contributed by atoms with E-state index in [9.17, 15) is 9.90 Å². The highest BCUT2D eigenvalue weighted by Crippen LogP contribution is 2.23. The van der Waals surface area contributed by atoms with Gasteiger partial charge >= 0.3 is 0 Å². The van der Waals surface area contributed by atoms with Crippen molar-refractivity contribution < 1.29 is 9.90 Å². The zero-order chi connectivity index (χ0) is 13.8. The number of para-hydroxylation sites is 1. The molecule has 0 radical (unpaired) electrons. The summed E-state index contributed by atoms with van der Waals surface area (Å²) in [5.41, 5.74) is 2.52. The molecule has 1 atom stereocenters. The summed E-state index contributed by atoms with van der Waals surface area (Å²) < 4.78 is 1.68. The van der Waals surface area contributed by atoms with Crippen LogP contribution in [0.15, 0.2) is 30.3 Å². The number of amides is 1. The SMILES string of the molecule is Cc1c(CC(C)O)nn(-c2ccccc2)c1NC=O. The lowest BCUT2D eigenvalue weighted by Crippen LogP contribution is -2.06. The first-order valence-electron chi connectivity index (χ1n) is 6.15. The Bertz CT molecular complexity index is 562. The number of carbonyl (C=O) groups excluding carboxylic acids is 1. The summed E-state index contributed by atoms with van der Waals surface area (Å²) in [6.07, 6.45) is 0.622. The van der Waals surface area contributed by atoms with E-state index in [2.05, 4.69) is 10.4 Å². The summed E-state index contributed by atoms with van der Waals surface area (Å²) in [5.74, 6) is 0.636. The average Bonchev–Trinajstić information content (AvgIpc) is 2.69. The van der Waals surface area contributed by atoms with Crippen molar-refractivity contribution in [3.8, 4) is 5.69 Å². The number of aliphatic hydroxyl groups excluding tert-OH is 1. The molecule has 0 bridgehead atoms. The van der Waals surface area contributed by atoms with Crippen molar-refractivity contribution in [2.45, 2.75) is 26.4 Å². The van der Waals surface area contributed by atoms with Gasteiger partial charge in [0.05, 0.1) is 17.5 Å². The number of benzene rings is 1. The second-order valence-electron chi connectivity index (χ2n) is 4.48. The highest BCUT2D eigenvalue weighted by atomic mass is 16.3. The molecule has 2 rings (SSSR count). The van der Waals surface area contributed by atoms with Gasteiger partial charge in [0.1, 0.15) is 5.82 Å². The zero-order valence-corrected chi connectivity index (χ0v) is 11.0. The first-order chi connectivity index (χ1) is 9.13. The van der Waals surface area contributed by atoms with Crippen molar-refractivity contribution in [2.24, 2.45) is 0 Å². The van der Waals surface area contributed by atoms with Gasteiger partial charge in [0.25, 0.3) is 0 Å². The predicted octanol–water partition coefficient (Wildman–Crippen LogP) is 1.67. The summed E-state index contributed by atoms with van der Waals surface area (Å²) in [6, 6.07) is 9.56. The second kappa shape index (κ2) is 5.67. The van der Waals surface area contributed by atoms with Crippen molar-refractivity contribution in [2.75, 3.05) is 5.32 Å². The Balaban J connectivity index is 2.50. The highest BCUT2D eigenvalue weighted by molar-refractivity contribution is 5.72. The smallest absolute Gasteiger partial charge is 0.212 e. The molecule has 100 valence electrons. The van der Waals surface area contributed by atoms with E-state index in [1.54, 1.807) is 11.6 Å². The van der Waals surface area contributed by atoms with Crippen LogP contribution >= 0.6 is 0 Å². The number of hydrogen-bond acceptors (Lipinski definition) is 3. The lowest BCUT2D eigenvalue weighted by molar-refractivity contribution is -0.105.